The first-order valence-electron chi connectivity index (χ1n) is 18.4. The van der Waals surface area contributed by atoms with Crippen molar-refractivity contribution in [3.8, 4) is 23.0 Å². The number of Topliss-reactive ketones (excluding diaryl/α,β-unsaturated/α-hetero) is 1. The monoisotopic (exact) mass is 720 g/mol. The standard InChI is InChI=1S/C40H52N2O10/c1-7-8-9-10-11-12-30(43)27-18-26-24-13-14-42-21-23-17-34(52-39(45)22-15-32(48-3)37(44)33(16-22)49-4)38(50-5)35(40(46)51-6)25(23)19-29(42)36(24)41-28(26)20-31(27)47-2/h15-16,18,20,23,25,29,34-35,38,41,44H,7-14,17,19,21H2,1-6H3/t23-,25+,29-,34-,35+,38+/m1/s1. The van der Waals surface area contributed by atoms with Crippen LogP contribution in [0.5, 0.6) is 23.0 Å². The molecule has 1 aliphatic carbocycles. The van der Waals surface area contributed by atoms with Gasteiger partial charge in [0.1, 0.15) is 18.0 Å². The second kappa shape index (κ2) is 16.2. The van der Waals surface area contributed by atoms with Crippen molar-refractivity contribution in [3.63, 3.8) is 0 Å². The lowest BCUT2D eigenvalue weighted by Crippen LogP contribution is -2.58. The van der Waals surface area contributed by atoms with Crippen molar-refractivity contribution in [2.24, 2.45) is 17.8 Å². The van der Waals surface area contributed by atoms with Crippen LogP contribution in [0.3, 0.4) is 0 Å². The molecule has 3 aliphatic rings. The second-order valence-electron chi connectivity index (χ2n) is 14.3. The van der Waals surface area contributed by atoms with Gasteiger partial charge in [-0.2, -0.15) is 0 Å². The number of esters is 2. The molecule has 3 heterocycles. The van der Waals surface area contributed by atoms with Crippen LogP contribution in [0.4, 0.5) is 0 Å². The maximum Gasteiger partial charge on any atom is 0.338 e. The molecule has 52 heavy (non-hydrogen) atoms. The van der Waals surface area contributed by atoms with Gasteiger partial charge < -0.3 is 38.5 Å². The number of rotatable bonds is 14. The van der Waals surface area contributed by atoms with E-state index in [1.54, 1.807) is 7.11 Å². The number of carbonyl (C=O) groups is 3. The van der Waals surface area contributed by atoms with Crippen molar-refractivity contribution >= 4 is 28.6 Å². The third-order valence-electron chi connectivity index (χ3n) is 11.5. The van der Waals surface area contributed by atoms with Gasteiger partial charge in [-0.25, -0.2) is 4.79 Å². The van der Waals surface area contributed by atoms with Gasteiger partial charge in [0, 0.05) is 49.3 Å². The van der Waals surface area contributed by atoms with Gasteiger partial charge in [-0.15, -0.1) is 0 Å². The number of fused-ring (bicyclic) bond motifs is 6. The van der Waals surface area contributed by atoms with Crippen LogP contribution in [0.1, 0.15) is 96.3 Å². The highest BCUT2D eigenvalue weighted by Gasteiger charge is 2.54. The molecule has 6 rings (SSSR count). The largest absolute Gasteiger partial charge is 0.502 e. The van der Waals surface area contributed by atoms with Crippen molar-refractivity contribution < 1.29 is 47.9 Å². The molecular formula is C40H52N2O10. The number of hydrogen-bond acceptors (Lipinski definition) is 11. The molecule has 1 saturated heterocycles. The number of H-pyrrole nitrogens is 1. The summed E-state index contributed by atoms with van der Waals surface area (Å²) in [6.07, 6.45) is 6.43. The Morgan fingerprint density at radius 2 is 1.62 bits per heavy atom. The number of ether oxygens (including phenoxy) is 6. The number of unbranched alkanes of at least 4 members (excludes halogenated alkanes) is 4. The molecule has 12 nitrogen and oxygen atoms in total. The minimum absolute atomic E-state index is 0.0156. The maximum absolute atomic E-state index is 13.6. The molecule has 282 valence electrons. The minimum Gasteiger partial charge on any atom is -0.502 e. The zero-order valence-electron chi connectivity index (χ0n) is 31.1. The third kappa shape index (κ3) is 7.07. The summed E-state index contributed by atoms with van der Waals surface area (Å²) in [4.78, 5) is 46.7. The summed E-state index contributed by atoms with van der Waals surface area (Å²) in [5.74, 6) is -1.18. The summed E-state index contributed by atoms with van der Waals surface area (Å²) in [5.41, 5.74) is 4.01. The first-order chi connectivity index (χ1) is 25.2. The Morgan fingerprint density at radius 3 is 2.27 bits per heavy atom. The number of aromatic amines is 1. The van der Waals surface area contributed by atoms with Gasteiger partial charge >= 0.3 is 11.9 Å². The first kappa shape index (κ1) is 37.5. The number of piperidine rings is 1. The summed E-state index contributed by atoms with van der Waals surface area (Å²) in [6.45, 7) is 3.70. The number of ketones is 1. The van der Waals surface area contributed by atoms with E-state index in [0.717, 1.165) is 55.2 Å². The molecular weight excluding hydrogens is 668 g/mol. The van der Waals surface area contributed by atoms with Gasteiger partial charge in [0.15, 0.2) is 17.3 Å². The van der Waals surface area contributed by atoms with Gasteiger partial charge in [-0.05, 0) is 61.3 Å². The van der Waals surface area contributed by atoms with Crippen LogP contribution in [0.2, 0.25) is 0 Å². The number of methoxy groups -OCH3 is 5. The first-order valence-corrected chi connectivity index (χ1v) is 18.4. The number of benzene rings is 2. The molecule has 2 fully saturated rings. The summed E-state index contributed by atoms with van der Waals surface area (Å²) in [7, 11) is 7.27. The lowest BCUT2D eigenvalue weighted by Gasteiger charge is -2.52. The number of aromatic hydroxyl groups is 1. The molecule has 0 spiro atoms. The lowest BCUT2D eigenvalue weighted by atomic mass is 9.63. The maximum atomic E-state index is 13.6. The van der Waals surface area contributed by atoms with Crippen molar-refractivity contribution in [2.75, 3.05) is 48.6 Å². The quantitative estimate of drug-likeness (QED) is 0.108. The molecule has 1 saturated carbocycles. The number of carbonyl (C=O) groups excluding carboxylic acids is 3. The van der Waals surface area contributed by atoms with Crippen LogP contribution in [0.25, 0.3) is 10.9 Å². The highest BCUT2D eigenvalue weighted by atomic mass is 16.6. The number of hydrogen-bond donors (Lipinski definition) is 2. The average molecular weight is 721 g/mol. The van der Waals surface area contributed by atoms with Crippen LogP contribution in [0, 0.1) is 17.8 Å². The lowest BCUT2D eigenvalue weighted by molar-refractivity contribution is -0.176. The molecule has 2 aromatic carbocycles. The van der Waals surface area contributed by atoms with E-state index in [0.29, 0.717) is 37.1 Å². The molecule has 0 amide bonds. The van der Waals surface area contributed by atoms with E-state index in [1.165, 1.54) is 52.6 Å². The highest BCUT2D eigenvalue weighted by Crippen LogP contribution is 2.51. The van der Waals surface area contributed by atoms with Gasteiger partial charge in [0.05, 0.1) is 51.5 Å². The summed E-state index contributed by atoms with van der Waals surface area (Å²) < 4.78 is 33.6. The molecule has 0 bridgehead atoms. The topological polar surface area (TPSA) is 146 Å². The minimum atomic E-state index is -0.740. The summed E-state index contributed by atoms with van der Waals surface area (Å²) in [6, 6.07) is 6.76. The molecule has 12 heteroatoms. The second-order valence-corrected chi connectivity index (χ2v) is 14.3. The predicted octanol–water partition coefficient (Wildman–Crippen LogP) is 6.41. The fourth-order valence-electron chi connectivity index (χ4n) is 8.90. The highest BCUT2D eigenvalue weighted by molar-refractivity contribution is 6.03. The van der Waals surface area contributed by atoms with Crippen molar-refractivity contribution in [3.05, 3.63) is 46.6 Å². The van der Waals surface area contributed by atoms with Gasteiger partial charge in [-0.1, -0.05) is 32.6 Å². The SMILES string of the molecule is CCCCCCCC(=O)c1cc2c3c([nH]c2cc1OC)[C@H]1C[C@H]2[C@H](C[C@@H](OC(=O)c4cc(OC)c(O)c(OC)c4)[C@H](OC)[C@H]2C(=O)OC)CN1CC3. The predicted molar refractivity (Wildman–Crippen MR) is 194 cm³/mol. The normalized spacial score (nSPS) is 24.0. The number of phenolic OH excluding ortho intramolecular Hbond substituents is 1. The molecule has 6 atom stereocenters. The Labute approximate surface area is 305 Å². The smallest absolute Gasteiger partial charge is 0.338 e. The molecule has 0 radical (unpaired) electrons. The number of nitrogens with zero attached hydrogens (tertiary/aromatic N) is 1. The van der Waals surface area contributed by atoms with Crippen LogP contribution in [-0.4, -0.2) is 93.6 Å². The number of aromatic nitrogens is 1. The Hall–Kier alpha value is -4.29. The van der Waals surface area contributed by atoms with E-state index in [4.69, 9.17) is 28.4 Å². The van der Waals surface area contributed by atoms with E-state index in [-0.39, 0.29) is 46.5 Å². The molecule has 3 aromatic rings. The van der Waals surface area contributed by atoms with Crippen molar-refractivity contribution in [1.82, 2.24) is 9.88 Å². The summed E-state index contributed by atoms with van der Waals surface area (Å²) >= 11 is 0. The van der Waals surface area contributed by atoms with Gasteiger partial charge in [0.25, 0.3) is 0 Å². The fraction of sp³-hybridized carbons (Fsp3) is 0.575. The number of nitrogens with one attached hydrogen (secondary N) is 1. The van der Waals surface area contributed by atoms with Gasteiger partial charge in [-0.3, -0.25) is 14.5 Å². The van der Waals surface area contributed by atoms with Crippen LogP contribution >= 0.6 is 0 Å². The molecule has 2 N–H and O–H groups in total. The van der Waals surface area contributed by atoms with E-state index in [1.807, 2.05) is 12.1 Å². The van der Waals surface area contributed by atoms with Crippen LogP contribution in [0.15, 0.2) is 24.3 Å². The van der Waals surface area contributed by atoms with E-state index in [9.17, 15) is 19.5 Å². The molecule has 2 aliphatic heterocycles. The van der Waals surface area contributed by atoms with Crippen molar-refractivity contribution in [1.29, 1.82) is 0 Å². The van der Waals surface area contributed by atoms with Crippen LogP contribution < -0.4 is 14.2 Å². The van der Waals surface area contributed by atoms with Crippen molar-refractivity contribution in [2.45, 2.75) is 83.0 Å². The Kier molecular flexibility index (Phi) is 11.6. The third-order valence-corrected chi connectivity index (χ3v) is 11.5. The number of phenols is 1. The van der Waals surface area contributed by atoms with Crippen LogP contribution in [-0.2, 0) is 25.4 Å². The molecule has 1 aromatic heterocycles. The van der Waals surface area contributed by atoms with E-state index in [2.05, 4.69) is 16.8 Å². The Bertz CT molecular complexity index is 1760. The fourth-order valence-corrected chi connectivity index (χ4v) is 8.90. The zero-order valence-corrected chi connectivity index (χ0v) is 31.1. The Balaban J connectivity index is 1.26. The van der Waals surface area contributed by atoms with E-state index >= 15 is 0 Å². The zero-order chi connectivity index (χ0) is 37.1. The van der Waals surface area contributed by atoms with Gasteiger partial charge in [0.2, 0.25) is 5.75 Å². The Morgan fingerprint density at radius 1 is 0.904 bits per heavy atom. The molecule has 0 unspecified atom stereocenters. The average Bonchev–Trinajstić information content (AvgIpc) is 3.53. The van der Waals surface area contributed by atoms with E-state index < -0.39 is 30.1 Å². The summed E-state index contributed by atoms with van der Waals surface area (Å²) in [5, 5.41) is 11.4.